The van der Waals surface area contributed by atoms with Gasteiger partial charge in [0.25, 0.3) is 0 Å². The summed E-state index contributed by atoms with van der Waals surface area (Å²) in [6, 6.07) is 13.4. The third-order valence-corrected chi connectivity index (χ3v) is 3.40. The van der Waals surface area contributed by atoms with E-state index in [0.29, 0.717) is 6.61 Å². The standard InChI is InChI=1S/C17H18O3/c1-12-6-5-9-16(13(12)2)20-11-15-8-4-3-7-14(15)10-17(18)19/h3-9H,10-11H2,1-2H3,(H,18,19). The molecule has 0 aliphatic rings. The van der Waals surface area contributed by atoms with Crippen molar-refractivity contribution >= 4 is 5.97 Å². The molecule has 0 atom stereocenters. The first-order chi connectivity index (χ1) is 9.58. The summed E-state index contributed by atoms with van der Waals surface area (Å²) < 4.78 is 5.83. The molecule has 20 heavy (non-hydrogen) atoms. The Balaban J connectivity index is 2.15. The van der Waals surface area contributed by atoms with Gasteiger partial charge in [-0.1, -0.05) is 36.4 Å². The number of hydrogen-bond donors (Lipinski definition) is 1. The Kier molecular flexibility index (Phi) is 4.41. The largest absolute Gasteiger partial charge is 0.489 e. The predicted molar refractivity (Wildman–Crippen MR) is 78.0 cm³/mol. The maximum absolute atomic E-state index is 10.9. The van der Waals surface area contributed by atoms with E-state index >= 15 is 0 Å². The summed E-state index contributed by atoms with van der Waals surface area (Å²) in [6.45, 7) is 4.45. The van der Waals surface area contributed by atoms with Crippen LogP contribution in [0, 0.1) is 13.8 Å². The third kappa shape index (κ3) is 3.38. The lowest BCUT2D eigenvalue weighted by Gasteiger charge is -2.13. The van der Waals surface area contributed by atoms with E-state index in [2.05, 4.69) is 0 Å². The van der Waals surface area contributed by atoms with Gasteiger partial charge in [0.05, 0.1) is 6.42 Å². The summed E-state index contributed by atoms with van der Waals surface area (Å²) in [6.07, 6.45) is 0.0202. The zero-order valence-electron chi connectivity index (χ0n) is 11.7. The molecule has 3 heteroatoms. The second kappa shape index (κ2) is 6.24. The molecule has 0 saturated heterocycles. The molecule has 3 nitrogen and oxygen atoms in total. The first-order valence-corrected chi connectivity index (χ1v) is 6.55. The van der Waals surface area contributed by atoms with E-state index < -0.39 is 5.97 Å². The number of carboxylic acid groups (broad SMARTS) is 1. The fourth-order valence-corrected chi connectivity index (χ4v) is 2.07. The van der Waals surface area contributed by atoms with Gasteiger partial charge in [-0.05, 0) is 42.2 Å². The van der Waals surface area contributed by atoms with Crippen LogP contribution in [0.4, 0.5) is 0 Å². The number of rotatable bonds is 5. The topological polar surface area (TPSA) is 46.5 Å². The van der Waals surface area contributed by atoms with E-state index in [9.17, 15) is 4.79 Å². The molecular formula is C17H18O3. The molecule has 0 aliphatic carbocycles. The molecule has 0 heterocycles. The number of hydrogen-bond acceptors (Lipinski definition) is 2. The molecule has 0 fully saturated rings. The second-order valence-corrected chi connectivity index (χ2v) is 4.83. The molecule has 2 aromatic rings. The van der Waals surface area contributed by atoms with Crippen LogP contribution in [0.3, 0.4) is 0 Å². The van der Waals surface area contributed by atoms with Gasteiger partial charge in [0.15, 0.2) is 0 Å². The Morgan fingerprint density at radius 1 is 1.05 bits per heavy atom. The highest BCUT2D eigenvalue weighted by Gasteiger charge is 2.08. The van der Waals surface area contributed by atoms with Crippen molar-refractivity contribution in [3.05, 3.63) is 64.7 Å². The molecule has 2 aromatic carbocycles. The highest BCUT2D eigenvalue weighted by molar-refractivity contribution is 5.70. The third-order valence-electron chi connectivity index (χ3n) is 3.40. The van der Waals surface area contributed by atoms with E-state index in [0.717, 1.165) is 22.4 Å². The zero-order valence-corrected chi connectivity index (χ0v) is 11.7. The zero-order chi connectivity index (χ0) is 14.5. The summed E-state index contributed by atoms with van der Waals surface area (Å²) >= 11 is 0. The van der Waals surface area contributed by atoms with E-state index in [4.69, 9.17) is 9.84 Å². The first-order valence-electron chi connectivity index (χ1n) is 6.55. The lowest BCUT2D eigenvalue weighted by molar-refractivity contribution is -0.136. The number of benzene rings is 2. The van der Waals surface area contributed by atoms with Crippen molar-refractivity contribution in [2.75, 3.05) is 0 Å². The van der Waals surface area contributed by atoms with Crippen LogP contribution in [0.5, 0.6) is 5.75 Å². The molecule has 0 radical (unpaired) electrons. The highest BCUT2D eigenvalue weighted by atomic mass is 16.5. The Hall–Kier alpha value is -2.29. The summed E-state index contributed by atoms with van der Waals surface area (Å²) in [5.41, 5.74) is 4.01. The van der Waals surface area contributed by atoms with Gasteiger partial charge in [-0.3, -0.25) is 4.79 Å². The first kappa shape index (κ1) is 14.1. The highest BCUT2D eigenvalue weighted by Crippen LogP contribution is 2.22. The van der Waals surface area contributed by atoms with Crippen LogP contribution >= 0.6 is 0 Å². The minimum Gasteiger partial charge on any atom is -0.489 e. The molecule has 0 aliphatic heterocycles. The van der Waals surface area contributed by atoms with Crippen molar-refractivity contribution in [2.45, 2.75) is 26.9 Å². The van der Waals surface area contributed by atoms with Crippen LogP contribution in [0.15, 0.2) is 42.5 Å². The van der Waals surface area contributed by atoms with Crippen molar-refractivity contribution in [3.63, 3.8) is 0 Å². The average molecular weight is 270 g/mol. The van der Waals surface area contributed by atoms with Gasteiger partial charge in [0.2, 0.25) is 0 Å². The fourth-order valence-electron chi connectivity index (χ4n) is 2.07. The van der Waals surface area contributed by atoms with Crippen LogP contribution in [-0.4, -0.2) is 11.1 Å². The van der Waals surface area contributed by atoms with Crippen molar-refractivity contribution in [3.8, 4) is 5.75 Å². The number of carboxylic acids is 1. The molecule has 104 valence electrons. The maximum Gasteiger partial charge on any atom is 0.307 e. The molecule has 2 rings (SSSR count). The predicted octanol–water partition coefficient (Wildman–Crippen LogP) is 3.51. The maximum atomic E-state index is 10.9. The Labute approximate surface area is 118 Å². The van der Waals surface area contributed by atoms with Gasteiger partial charge >= 0.3 is 5.97 Å². The monoisotopic (exact) mass is 270 g/mol. The lowest BCUT2D eigenvalue weighted by Crippen LogP contribution is -2.06. The van der Waals surface area contributed by atoms with Crippen LogP contribution in [-0.2, 0) is 17.8 Å². The van der Waals surface area contributed by atoms with Crippen LogP contribution < -0.4 is 4.74 Å². The van der Waals surface area contributed by atoms with E-state index in [1.165, 1.54) is 5.56 Å². The van der Waals surface area contributed by atoms with Crippen molar-refractivity contribution < 1.29 is 14.6 Å². The van der Waals surface area contributed by atoms with Crippen molar-refractivity contribution in [1.82, 2.24) is 0 Å². The molecule has 0 aromatic heterocycles. The van der Waals surface area contributed by atoms with Crippen LogP contribution in [0.1, 0.15) is 22.3 Å². The van der Waals surface area contributed by atoms with Crippen LogP contribution in [0.2, 0.25) is 0 Å². The Morgan fingerprint density at radius 3 is 2.45 bits per heavy atom. The normalized spacial score (nSPS) is 10.3. The quantitative estimate of drug-likeness (QED) is 0.904. The molecule has 0 amide bonds. The number of aryl methyl sites for hydroxylation is 1. The van der Waals surface area contributed by atoms with E-state index in [-0.39, 0.29) is 6.42 Å². The molecule has 0 spiro atoms. The van der Waals surface area contributed by atoms with Gasteiger partial charge in [-0.15, -0.1) is 0 Å². The van der Waals surface area contributed by atoms with E-state index in [1.54, 1.807) is 0 Å². The molecule has 0 bridgehead atoms. The smallest absolute Gasteiger partial charge is 0.307 e. The van der Waals surface area contributed by atoms with Gasteiger partial charge in [-0.25, -0.2) is 0 Å². The summed E-state index contributed by atoms with van der Waals surface area (Å²) in [4.78, 5) is 10.9. The van der Waals surface area contributed by atoms with Gasteiger partial charge in [0.1, 0.15) is 12.4 Å². The van der Waals surface area contributed by atoms with Gasteiger partial charge < -0.3 is 9.84 Å². The number of carbonyl (C=O) groups is 1. The van der Waals surface area contributed by atoms with Crippen molar-refractivity contribution in [1.29, 1.82) is 0 Å². The average Bonchev–Trinajstić information content (AvgIpc) is 2.41. The minimum absolute atomic E-state index is 0.0202. The Morgan fingerprint density at radius 2 is 1.75 bits per heavy atom. The van der Waals surface area contributed by atoms with Crippen molar-refractivity contribution in [2.24, 2.45) is 0 Å². The second-order valence-electron chi connectivity index (χ2n) is 4.83. The summed E-state index contributed by atoms with van der Waals surface area (Å²) in [5, 5.41) is 8.92. The Bertz CT molecular complexity index is 617. The molecule has 0 saturated carbocycles. The van der Waals surface area contributed by atoms with E-state index in [1.807, 2.05) is 56.3 Å². The summed E-state index contributed by atoms with van der Waals surface area (Å²) in [5.74, 6) is 0.0133. The summed E-state index contributed by atoms with van der Waals surface area (Å²) in [7, 11) is 0. The number of aliphatic carboxylic acids is 1. The van der Waals surface area contributed by atoms with Gasteiger partial charge in [0, 0.05) is 0 Å². The minimum atomic E-state index is -0.829. The molecule has 0 unspecified atom stereocenters. The SMILES string of the molecule is Cc1cccc(OCc2ccccc2CC(=O)O)c1C. The van der Waals surface area contributed by atoms with Gasteiger partial charge in [-0.2, -0.15) is 0 Å². The van der Waals surface area contributed by atoms with Crippen LogP contribution in [0.25, 0.3) is 0 Å². The number of ether oxygens (including phenoxy) is 1. The fraction of sp³-hybridized carbons (Fsp3) is 0.235. The molecule has 1 N–H and O–H groups in total. The molecular weight excluding hydrogens is 252 g/mol. The lowest BCUT2D eigenvalue weighted by atomic mass is 10.1.